The molecular formula is C33H37N3O4. The first-order chi connectivity index (χ1) is 19.1. The lowest BCUT2D eigenvalue weighted by Gasteiger charge is -2.18. The Hall–Kier alpha value is -4.26. The van der Waals surface area contributed by atoms with E-state index in [9.17, 15) is 19.5 Å². The number of carboxylic acid groups (broad SMARTS) is 1. The molecule has 0 fully saturated rings. The van der Waals surface area contributed by atoms with Gasteiger partial charge in [-0.25, -0.2) is 9.78 Å². The van der Waals surface area contributed by atoms with Crippen molar-refractivity contribution >= 4 is 28.7 Å². The summed E-state index contributed by atoms with van der Waals surface area (Å²) in [5, 5.41) is 12.5. The lowest BCUT2D eigenvalue weighted by atomic mass is 9.92. The monoisotopic (exact) mass is 539 g/mol. The van der Waals surface area contributed by atoms with Crippen molar-refractivity contribution in [2.75, 3.05) is 6.54 Å². The number of hydrogen-bond donors (Lipinski definition) is 2. The fourth-order valence-electron chi connectivity index (χ4n) is 5.21. The summed E-state index contributed by atoms with van der Waals surface area (Å²) >= 11 is 0. The van der Waals surface area contributed by atoms with Gasteiger partial charge in [-0.1, -0.05) is 63.2 Å². The maximum atomic E-state index is 13.1. The van der Waals surface area contributed by atoms with Crippen LogP contribution in [0.3, 0.4) is 0 Å². The summed E-state index contributed by atoms with van der Waals surface area (Å²) in [6.07, 6.45) is 1.73. The number of aromatic nitrogens is 2. The van der Waals surface area contributed by atoms with Gasteiger partial charge in [-0.15, -0.1) is 0 Å². The number of fused-ring (bicyclic) bond motifs is 1. The summed E-state index contributed by atoms with van der Waals surface area (Å²) in [6, 6.07) is 18.6. The molecule has 0 spiro atoms. The normalized spacial score (nSPS) is 12.1. The van der Waals surface area contributed by atoms with Gasteiger partial charge < -0.3 is 15.0 Å². The Morgan fingerprint density at radius 2 is 1.73 bits per heavy atom. The third kappa shape index (κ3) is 6.14. The minimum absolute atomic E-state index is 0.0710. The van der Waals surface area contributed by atoms with Crippen LogP contribution in [0.5, 0.6) is 0 Å². The molecule has 1 amide bonds. The van der Waals surface area contributed by atoms with Crippen LogP contribution in [-0.4, -0.2) is 38.9 Å². The van der Waals surface area contributed by atoms with E-state index in [4.69, 9.17) is 4.98 Å². The number of carboxylic acids is 1. The number of aromatic carboxylic acids is 1. The van der Waals surface area contributed by atoms with Gasteiger partial charge in [0.25, 0.3) is 5.91 Å². The molecule has 1 aromatic heterocycles. The zero-order chi connectivity index (χ0) is 29.0. The van der Waals surface area contributed by atoms with Crippen molar-refractivity contribution < 1.29 is 19.5 Å². The minimum atomic E-state index is -0.954. The molecule has 208 valence electrons. The molecular weight excluding hydrogens is 502 g/mol. The first kappa shape index (κ1) is 28.7. The molecule has 0 radical (unpaired) electrons. The predicted molar refractivity (Wildman–Crippen MR) is 158 cm³/mol. The van der Waals surface area contributed by atoms with Crippen molar-refractivity contribution in [2.24, 2.45) is 11.8 Å². The van der Waals surface area contributed by atoms with Gasteiger partial charge in [0.2, 0.25) is 0 Å². The highest BCUT2D eigenvalue weighted by molar-refractivity contribution is 5.99. The van der Waals surface area contributed by atoms with Crippen LogP contribution in [0.15, 0.2) is 60.7 Å². The SMILES string of the molecule is CCCc1nc2c(C)cc(C(=O)NCC(C(C)=O)C(C)C)cc2n1Cc1ccc(-c2ccccc2C(=O)O)cc1. The average Bonchev–Trinajstić information content (AvgIpc) is 3.26. The lowest BCUT2D eigenvalue weighted by molar-refractivity contribution is -0.121. The molecule has 7 nitrogen and oxygen atoms in total. The standard InChI is InChI=1S/C33H37N3O4/c1-6-9-30-35-31-21(4)16-25(32(38)34-18-28(20(2)3)22(5)37)17-29(31)36(30)19-23-12-14-24(15-13-23)26-10-7-8-11-27(26)33(39)40/h7-8,10-17,20,28H,6,9,18-19H2,1-5H3,(H,34,38)(H,39,40). The number of benzene rings is 3. The Morgan fingerprint density at radius 1 is 1.02 bits per heavy atom. The van der Waals surface area contributed by atoms with Crippen LogP contribution in [0, 0.1) is 18.8 Å². The number of aryl methyl sites for hydroxylation is 2. The number of carbonyl (C=O) groups is 3. The van der Waals surface area contributed by atoms with Gasteiger partial charge in [-0.2, -0.15) is 0 Å². The van der Waals surface area contributed by atoms with Crippen LogP contribution >= 0.6 is 0 Å². The van der Waals surface area contributed by atoms with E-state index in [-0.39, 0.29) is 29.1 Å². The molecule has 3 aromatic carbocycles. The van der Waals surface area contributed by atoms with E-state index in [1.54, 1.807) is 19.1 Å². The molecule has 0 saturated carbocycles. The van der Waals surface area contributed by atoms with Gasteiger partial charge >= 0.3 is 5.97 Å². The molecule has 4 rings (SSSR count). The fraction of sp³-hybridized carbons (Fsp3) is 0.333. The highest BCUT2D eigenvalue weighted by Gasteiger charge is 2.21. The average molecular weight is 540 g/mol. The molecule has 0 bridgehead atoms. The van der Waals surface area contributed by atoms with E-state index in [0.717, 1.165) is 46.4 Å². The molecule has 0 aliphatic heterocycles. The molecule has 0 saturated heterocycles. The highest BCUT2D eigenvalue weighted by Crippen LogP contribution is 2.27. The van der Waals surface area contributed by atoms with Gasteiger partial charge in [-0.3, -0.25) is 9.59 Å². The second-order valence-electron chi connectivity index (χ2n) is 10.7. The number of imidazole rings is 1. The fourth-order valence-corrected chi connectivity index (χ4v) is 5.21. The van der Waals surface area contributed by atoms with Crippen LogP contribution in [0.1, 0.15) is 71.8 Å². The number of amides is 1. The Labute approximate surface area is 235 Å². The second-order valence-corrected chi connectivity index (χ2v) is 10.7. The molecule has 0 aliphatic rings. The van der Waals surface area contributed by atoms with Crippen LogP contribution in [-0.2, 0) is 17.8 Å². The quantitative estimate of drug-likeness (QED) is 0.233. The number of ketones is 1. The van der Waals surface area contributed by atoms with E-state index in [1.807, 2.05) is 69.3 Å². The number of rotatable bonds is 11. The Balaban J connectivity index is 1.66. The van der Waals surface area contributed by atoms with Crippen LogP contribution in [0.4, 0.5) is 0 Å². The Bertz CT molecular complexity index is 1550. The molecule has 1 unspecified atom stereocenters. The van der Waals surface area contributed by atoms with E-state index >= 15 is 0 Å². The van der Waals surface area contributed by atoms with Gasteiger partial charge in [0.15, 0.2) is 0 Å². The summed E-state index contributed by atoms with van der Waals surface area (Å²) in [5.74, 6) is -0.213. The summed E-state index contributed by atoms with van der Waals surface area (Å²) in [7, 11) is 0. The molecule has 0 aliphatic carbocycles. The van der Waals surface area contributed by atoms with Gasteiger partial charge in [-0.05, 0) is 66.6 Å². The lowest BCUT2D eigenvalue weighted by Crippen LogP contribution is -2.34. The van der Waals surface area contributed by atoms with E-state index in [2.05, 4.69) is 16.8 Å². The summed E-state index contributed by atoms with van der Waals surface area (Å²) in [6.45, 7) is 10.5. The van der Waals surface area contributed by atoms with Crippen molar-refractivity contribution in [1.82, 2.24) is 14.9 Å². The topological polar surface area (TPSA) is 101 Å². The number of hydrogen-bond acceptors (Lipinski definition) is 4. The second kappa shape index (κ2) is 12.3. The first-order valence-corrected chi connectivity index (χ1v) is 13.8. The molecule has 2 N–H and O–H groups in total. The van der Waals surface area contributed by atoms with Crippen LogP contribution in [0.2, 0.25) is 0 Å². The van der Waals surface area contributed by atoms with Crippen molar-refractivity contribution in [3.05, 3.63) is 88.7 Å². The largest absolute Gasteiger partial charge is 0.478 e. The third-order valence-electron chi connectivity index (χ3n) is 7.43. The first-order valence-electron chi connectivity index (χ1n) is 13.8. The molecule has 1 heterocycles. The number of nitrogens with zero attached hydrogens (tertiary/aromatic N) is 2. The van der Waals surface area contributed by atoms with Crippen LogP contribution in [0.25, 0.3) is 22.2 Å². The van der Waals surface area contributed by atoms with Crippen molar-refractivity contribution in [3.8, 4) is 11.1 Å². The summed E-state index contributed by atoms with van der Waals surface area (Å²) in [5.41, 5.74) is 6.05. The zero-order valence-electron chi connectivity index (χ0n) is 23.8. The third-order valence-corrected chi connectivity index (χ3v) is 7.43. The van der Waals surface area contributed by atoms with E-state index in [0.29, 0.717) is 24.2 Å². The van der Waals surface area contributed by atoms with Crippen molar-refractivity contribution in [2.45, 2.75) is 54.0 Å². The number of carbonyl (C=O) groups excluding carboxylic acids is 2. The predicted octanol–water partition coefficient (Wildman–Crippen LogP) is 6.30. The molecule has 1 atom stereocenters. The zero-order valence-corrected chi connectivity index (χ0v) is 23.8. The van der Waals surface area contributed by atoms with Gasteiger partial charge in [0.05, 0.1) is 16.6 Å². The van der Waals surface area contributed by atoms with Gasteiger partial charge in [0.1, 0.15) is 11.6 Å². The minimum Gasteiger partial charge on any atom is -0.478 e. The smallest absolute Gasteiger partial charge is 0.336 e. The molecule has 40 heavy (non-hydrogen) atoms. The van der Waals surface area contributed by atoms with E-state index < -0.39 is 5.97 Å². The summed E-state index contributed by atoms with van der Waals surface area (Å²) < 4.78 is 2.16. The van der Waals surface area contributed by atoms with E-state index in [1.165, 1.54) is 0 Å². The van der Waals surface area contributed by atoms with Gasteiger partial charge in [0, 0.05) is 31.0 Å². The molecule has 4 aromatic rings. The molecule has 7 heteroatoms. The van der Waals surface area contributed by atoms with Crippen LogP contribution < -0.4 is 5.32 Å². The van der Waals surface area contributed by atoms with Crippen molar-refractivity contribution in [3.63, 3.8) is 0 Å². The van der Waals surface area contributed by atoms with Crippen molar-refractivity contribution in [1.29, 1.82) is 0 Å². The highest BCUT2D eigenvalue weighted by atomic mass is 16.4. The Morgan fingerprint density at radius 3 is 2.35 bits per heavy atom. The maximum absolute atomic E-state index is 13.1. The summed E-state index contributed by atoms with van der Waals surface area (Å²) in [4.78, 5) is 41.8. The number of Topliss-reactive ketones (excluding diaryl/α,β-unsaturated/α-hetero) is 1. The maximum Gasteiger partial charge on any atom is 0.336 e. The Kier molecular flexibility index (Phi) is 8.83. The number of nitrogens with one attached hydrogen (secondary N) is 1.